The monoisotopic (exact) mass is 457 g/mol. The van der Waals surface area contributed by atoms with Crippen LogP contribution in [0, 0.1) is 6.92 Å². The van der Waals surface area contributed by atoms with E-state index in [2.05, 4.69) is 26.0 Å². The molecule has 0 saturated heterocycles. The van der Waals surface area contributed by atoms with Crippen molar-refractivity contribution >= 4 is 28.5 Å². The second-order valence-electron chi connectivity index (χ2n) is 8.96. The number of benzene rings is 3. The number of hydrogen-bond acceptors (Lipinski definition) is 3. The minimum Gasteiger partial charge on any atom is -0.450 e. The predicted octanol–water partition coefficient (Wildman–Crippen LogP) is 6.62. The summed E-state index contributed by atoms with van der Waals surface area (Å²) in [5.41, 5.74) is 4.74. The zero-order valence-electron chi connectivity index (χ0n) is 18.8. The summed E-state index contributed by atoms with van der Waals surface area (Å²) < 4.78 is 6.00. The molecule has 166 valence electrons. The van der Waals surface area contributed by atoms with E-state index in [1.807, 2.05) is 43.3 Å². The Morgan fingerprint density at radius 3 is 2.33 bits per heavy atom. The van der Waals surface area contributed by atoms with Gasteiger partial charge in [0, 0.05) is 11.6 Å². The molecule has 1 atom stereocenters. The normalized spacial score (nSPS) is 15.5. The molecular weight excluding hydrogens is 434 g/mol. The van der Waals surface area contributed by atoms with Gasteiger partial charge in [-0.1, -0.05) is 79.5 Å². The number of aryl methyl sites for hydroxylation is 1. The van der Waals surface area contributed by atoms with Crippen LogP contribution in [-0.2, 0) is 6.54 Å². The number of fused-ring (bicyclic) bond motifs is 2. The minimum atomic E-state index is -0.533. The Kier molecular flexibility index (Phi) is 5.34. The van der Waals surface area contributed by atoms with Crippen molar-refractivity contribution in [1.82, 2.24) is 4.90 Å². The number of rotatable bonds is 4. The van der Waals surface area contributed by atoms with E-state index < -0.39 is 6.04 Å². The highest BCUT2D eigenvalue weighted by atomic mass is 35.5. The standard InChI is InChI=1S/C28H24ClNO3/c1-16(2)19-8-10-20(11-9-19)25-24-26(31)22-14-21(29)12-13-23(22)33-27(24)28(32)30(25)15-18-6-4-17(3)5-7-18/h4-14,16,25H,15H2,1-3H3. The predicted molar refractivity (Wildman–Crippen MR) is 131 cm³/mol. The van der Waals surface area contributed by atoms with Gasteiger partial charge < -0.3 is 9.32 Å². The van der Waals surface area contributed by atoms with Crippen LogP contribution < -0.4 is 5.43 Å². The van der Waals surface area contributed by atoms with Gasteiger partial charge in [-0.25, -0.2) is 0 Å². The number of nitrogens with zero attached hydrogens (tertiary/aromatic N) is 1. The first-order valence-electron chi connectivity index (χ1n) is 11.1. The highest BCUT2D eigenvalue weighted by Crippen LogP contribution is 2.39. The SMILES string of the molecule is Cc1ccc(CN2C(=O)c3oc4ccc(Cl)cc4c(=O)c3C2c2ccc(C(C)C)cc2)cc1. The number of carbonyl (C=O) groups excluding carboxylic acids is 1. The third-order valence-electron chi connectivity index (χ3n) is 6.32. The molecule has 1 unspecified atom stereocenters. The van der Waals surface area contributed by atoms with Gasteiger partial charge in [0.2, 0.25) is 5.76 Å². The van der Waals surface area contributed by atoms with Crippen LogP contribution in [0.15, 0.2) is 75.9 Å². The van der Waals surface area contributed by atoms with E-state index in [4.69, 9.17) is 16.0 Å². The lowest BCUT2D eigenvalue weighted by Crippen LogP contribution is -2.29. The van der Waals surface area contributed by atoms with E-state index in [9.17, 15) is 9.59 Å². The van der Waals surface area contributed by atoms with Gasteiger partial charge in [-0.05, 0) is 47.7 Å². The van der Waals surface area contributed by atoms with E-state index in [1.54, 1.807) is 23.1 Å². The molecule has 1 aromatic heterocycles. The van der Waals surface area contributed by atoms with Crippen molar-refractivity contribution in [3.05, 3.63) is 116 Å². The van der Waals surface area contributed by atoms with Crippen LogP contribution in [0.25, 0.3) is 11.0 Å². The van der Waals surface area contributed by atoms with Crippen LogP contribution >= 0.6 is 11.6 Å². The zero-order valence-corrected chi connectivity index (χ0v) is 19.5. The van der Waals surface area contributed by atoms with E-state index in [0.29, 0.717) is 34.0 Å². The van der Waals surface area contributed by atoms with Crippen molar-refractivity contribution in [3.63, 3.8) is 0 Å². The Bertz CT molecular complexity index is 1420. The molecule has 33 heavy (non-hydrogen) atoms. The van der Waals surface area contributed by atoms with Gasteiger partial charge in [0.15, 0.2) is 5.43 Å². The Hall–Kier alpha value is -3.37. The first-order valence-corrected chi connectivity index (χ1v) is 11.4. The van der Waals surface area contributed by atoms with Crippen LogP contribution in [0.5, 0.6) is 0 Å². The second-order valence-corrected chi connectivity index (χ2v) is 9.39. The molecule has 0 radical (unpaired) electrons. The lowest BCUT2D eigenvalue weighted by molar-refractivity contribution is 0.0714. The molecule has 0 N–H and O–H groups in total. The Morgan fingerprint density at radius 2 is 1.67 bits per heavy atom. The second kappa shape index (κ2) is 8.20. The van der Waals surface area contributed by atoms with Gasteiger partial charge in [-0.3, -0.25) is 9.59 Å². The van der Waals surface area contributed by atoms with E-state index in [0.717, 1.165) is 16.7 Å². The molecule has 0 aliphatic carbocycles. The Balaban J connectivity index is 1.69. The fourth-order valence-corrected chi connectivity index (χ4v) is 4.63. The summed E-state index contributed by atoms with van der Waals surface area (Å²) in [6, 6.07) is 20.6. The third-order valence-corrected chi connectivity index (χ3v) is 6.56. The van der Waals surface area contributed by atoms with Gasteiger partial charge in [0.1, 0.15) is 5.58 Å². The molecule has 5 rings (SSSR count). The van der Waals surface area contributed by atoms with Gasteiger partial charge in [-0.2, -0.15) is 0 Å². The van der Waals surface area contributed by atoms with Crippen LogP contribution in [-0.4, -0.2) is 10.8 Å². The minimum absolute atomic E-state index is 0.111. The van der Waals surface area contributed by atoms with E-state index in [-0.39, 0.29) is 17.1 Å². The lowest BCUT2D eigenvalue weighted by Gasteiger charge is -2.25. The van der Waals surface area contributed by atoms with Crippen molar-refractivity contribution in [1.29, 1.82) is 0 Å². The van der Waals surface area contributed by atoms with Gasteiger partial charge in [0.05, 0.1) is 17.0 Å². The molecular formula is C28H24ClNO3. The number of amides is 1. The Morgan fingerprint density at radius 1 is 0.970 bits per heavy atom. The molecule has 1 aliphatic heterocycles. The van der Waals surface area contributed by atoms with Crippen molar-refractivity contribution in [2.75, 3.05) is 0 Å². The first-order chi connectivity index (χ1) is 15.8. The molecule has 0 fully saturated rings. The first kappa shape index (κ1) is 21.5. The largest absolute Gasteiger partial charge is 0.450 e. The number of carbonyl (C=O) groups is 1. The van der Waals surface area contributed by atoms with Crippen molar-refractivity contribution in [3.8, 4) is 0 Å². The van der Waals surface area contributed by atoms with Gasteiger partial charge in [0.25, 0.3) is 5.91 Å². The molecule has 4 nitrogen and oxygen atoms in total. The zero-order chi connectivity index (χ0) is 23.3. The highest BCUT2D eigenvalue weighted by Gasteiger charge is 2.42. The topological polar surface area (TPSA) is 50.5 Å². The number of hydrogen-bond donors (Lipinski definition) is 0. The number of halogens is 1. The summed E-state index contributed by atoms with van der Waals surface area (Å²) in [5.74, 6) is 0.216. The van der Waals surface area contributed by atoms with Crippen molar-refractivity contribution in [2.24, 2.45) is 0 Å². The summed E-state index contributed by atoms with van der Waals surface area (Å²) in [5, 5.41) is 0.837. The van der Waals surface area contributed by atoms with E-state index >= 15 is 0 Å². The summed E-state index contributed by atoms with van der Waals surface area (Å²) in [4.78, 5) is 28.9. The maximum Gasteiger partial charge on any atom is 0.291 e. The molecule has 0 bridgehead atoms. The maximum atomic E-state index is 13.6. The molecule has 1 amide bonds. The summed E-state index contributed by atoms with van der Waals surface area (Å²) >= 11 is 6.16. The average Bonchev–Trinajstić information content (AvgIpc) is 3.08. The molecule has 5 heteroatoms. The molecule has 4 aromatic rings. The van der Waals surface area contributed by atoms with Crippen LogP contribution in [0.3, 0.4) is 0 Å². The fourth-order valence-electron chi connectivity index (χ4n) is 4.46. The van der Waals surface area contributed by atoms with Gasteiger partial charge in [-0.15, -0.1) is 0 Å². The summed E-state index contributed by atoms with van der Waals surface area (Å²) in [6.07, 6.45) is 0. The quantitative estimate of drug-likeness (QED) is 0.346. The summed E-state index contributed by atoms with van der Waals surface area (Å²) in [7, 11) is 0. The van der Waals surface area contributed by atoms with Crippen LogP contribution in [0.1, 0.15) is 64.2 Å². The maximum absolute atomic E-state index is 13.6. The summed E-state index contributed by atoms with van der Waals surface area (Å²) in [6.45, 7) is 6.67. The molecule has 3 aromatic carbocycles. The molecule has 1 aliphatic rings. The molecule has 0 spiro atoms. The Labute approximate surface area is 197 Å². The molecule has 2 heterocycles. The average molecular weight is 458 g/mol. The van der Waals surface area contributed by atoms with E-state index in [1.165, 1.54) is 5.56 Å². The molecule has 0 saturated carbocycles. The van der Waals surface area contributed by atoms with Crippen LogP contribution in [0.4, 0.5) is 0 Å². The van der Waals surface area contributed by atoms with Gasteiger partial charge >= 0.3 is 0 Å². The van der Waals surface area contributed by atoms with Crippen molar-refractivity contribution in [2.45, 2.75) is 39.3 Å². The van der Waals surface area contributed by atoms with Crippen LogP contribution in [0.2, 0.25) is 5.02 Å². The fraction of sp³-hybridized carbons (Fsp3) is 0.214. The lowest BCUT2D eigenvalue weighted by atomic mass is 9.95. The smallest absolute Gasteiger partial charge is 0.291 e. The highest BCUT2D eigenvalue weighted by molar-refractivity contribution is 6.31. The van der Waals surface area contributed by atoms with Crippen molar-refractivity contribution < 1.29 is 9.21 Å². The third kappa shape index (κ3) is 3.75.